The number of hydrogen-bond acceptors (Lipinski definition) is 4. The second kappa shape index (κ2) is 10.2. The van der Waals surface area contributed by atoms with E-state index in [1.165, 1.54) is 22.3 Å². The highest BCUT2D eigenvalue weighted by atomic mass is 16.6. The van der Waals surface area contributed by atoms with Gasteiger partial charge in [0.15, 0.2) is 0 Å². The van der Waals surface area contributed by atoms with E-state index < -0.39 is 5.60 Å². The summed E-state index contributed by atoms with van der Waals surface area (Å²) < 4.78 is 7.62. The number of esters is 1. The number of pyridine rings is 1. The lowest BCUT2D eigenvalue weighted by molar-refractivity contribution is -0.160. The molecule has 4 aromatic rings. The monoisotopic (exact) mass is 491 g/mol. The maximum atomic E-state index is 12.6. The predicted molar refractivity (Wildman–Crippen MR) is 148 cm³/mol. The van der Waals surface area contributed by atoms with Crippen LogP contribution in [0.1, 0.15) is 44.9 Å². The van der Waals surface area contributed by atoms with Crippen molar-refractivity contribution in [1.82, 2.24) is 14.3 Å². The summed E-state index contributed by atoms with van der Waals surface area (Å²) in [6.07, 6.45) is 5.65. The molecule has 0 aliphatic carbocycles. The Kier molecular flexibility index (Phi) is 6.86. The third kappa shape index (κ3) is 5.45. The molecule has 1 saturated heterocycles. The number of benzene rings is 2. The predicted octanol–water partition coefficient (Wildman–Crippen LogP) is 6.13. The van der Waals surface area contributed by atoms with Crippen LogP contribution in [0.2, 0.25) is 0 Å². The second-order valence-electron chi connectivity index (χ2n) is 10.6. The van der Waals surface area contributed by atoms with Gasteiger partial charge in [-0.05, 0) is 86.4 Å². The lowest BCUT2D eigenvalue weighted by Crippen LogP contribution is -2.40. The normalized spacial score (nSPS) is 15.9. The molecule has 188 valence electrons. The SMILES string of the molecule is Cc1c(-c2ccccc2)cccc1-c1ccn2c(C#CCN3CCC[C@@H]3C(=O)OC(C)(C)C)cnc2c1. The molecule has 1 aliphatic rings. The van der Waals surface area contributed by atoms with E-state index in [1.807, 2.05) is 43.6 Å². The van der Waals surface area contributed by atoms with E-state index in [4.69, 9.17) is 4.74 Å². The van der Waals surface area contributed by atoms with Crippen LogP contribution >= 0.6 is 0 Å². The zero-order valence-corrected chi connectivity index (χ0v) is 22.0. The summed E-state index contributed by atoms with van der Waals surface area (Å²) in [6, 6.07) is 20.9. The van der Waals surface area contributed by atoms with Crippen LogP contribution in [0.5, 0.6) is 0 Å². The smallest absolute Gasteiger partial charge is 0.323 e. The molecule has 1 atom stereocenters. The molecule has 0 bridgehead atoms. The lowest BCUT2D eigenvalue weighted by atomic mass is 9.93. The van der Waals surface area contributed by atoms with Crippen molar-refractivity contribution in [1.29, 1.82) is 0 Å². The fraction of sp³-hybridized carbons (Fsp3) is 0.312. The minimum atomic E-state index is -0.478. The number of ether oxygens (including phenoxy) is 1. The van der Waals surface area contributed by atoms with Crippen LogP contribution < -0.4 is 0 Å². The topological polar surface area (TPSA) is 46.8 Å². The summed E-state index contributed by atoms with van der Waals surface area (Å²) in [7, 11) is 0. The molecule has 3 heterocycles. The molecule has 0 spiro atoms. The zero-order valence-electron chi connectivity index (χ0n) is 22.0. The number of hydrogen-bond donors (Lipinski definition) is 0. The third-order valence-electron chi connectivity index (χ3n) is 6.78. The van der Waals surface area contributed by atoms with Gasteiger partial charge in [-0.2, -0.15) is 0 Å². The summed E-state index contributed by atoms with van der Waals surface area (Å²) in [4.78, 5) is 19.3. The van der Waals surface area contributed by atoms with Crippen molar-refractivity contribution in [3.05, 3.63) is 84.3 Å². The Morgan fingerprint density at radius 2 is 1.81 bits per heavy atom. The molecular weight excluding hydrogens is 458 g/mol. The first-order chi connectivity index (χ1) is 17.8. The molecule has 1 fully saturated rings. The number of carbonyl (C=O) groups excluding carboxylic acids is 1. The number of fused-ring (bicyclic) bond motifs is 1. The van der Waals surface area contributed by atoms with Crippen LogP contribution in [0.3, 0.4) is 0 Å². The van der Waals surface area contributed by atoms with Crippen LogP contribution in [0.15, 0.2) is 73.1 Å². The minimum absolute atomic E-state index is 0.152. The van der Waals surface area contributed by atoms with Gasteiger partial charge in [0.2, 0.25) is 0 Å². The van der Waals surface area contributed by atoms with Gasteiger partial charge in [0.25, 0.3) is 0 Å². The van der Waals surface area contributed by atoms with Crippen LogP contribution in [-0.4, -0.2) is 45.0 Å². The van der Waals surface area contributed by atoms with E-state index in [0.717, 1.165) is 36.3 Å². The molecule has 1 aliphatic heterocycles. The maximum absolute atomic E-state index is 12.6. The number of carbonyl (C=O) groups is 1. The van der Waals surface area contributed by atoms with Crippen molar-refractivity contribution in [2.24, 2.45) is 0 Å². The molecule has 0 radical (unpaired) electrons. The Hall–Kier alpha value is -3.88. The average Bonchev–Trinajstić information content (AvgIpc) is 3.51. The molecule has 5 rings (SSSR count). The first-order valence-corrected chi connectivity index (χ1v) is 12.9. The van der Waals surface area contributed by atoms with E-state index in [2.05, 4.69) is 83.2 Å². The zero-order chi connectivity index (χ0) is 26.0. The Morgan fingerprint density at radius 1 is 1.05 bits per heavy atom. The van der Waals surface area contributed by atoms with Gasteiger partial charge >= 0.3 is 5.97 Å². The van der Waals surface area contributed by atoms with Gasteiger partial charge < -0.3 is 4.74 Å². The van der Waals surface area contributed by atoms with Gasteiger partial charge in [-0.3, -0.25) is 14.1 Å². The van der Waals surface area contributed by atoms with Crippen molar-refractivity contribution in [2.75, 3.05) is 13.1 Å². The molecule has 0 N–H and O–H groups in total. The first-order valence-electron chi connectivity index (χ1n) is 12.9. The summed E-state index contributed by atoms with van der Waals surface area (Å²) in [5.41, 5.74) is 7.24. The average molecular weight is 492 g/mol. The van der Waals surface area contributed by atoms with Crippen LogP contribution in [0, 0.1) is 18.8 Å². The largest absolute Gasteiger partial charge is 0.459 e. The number of imidazole rings is 1. The summed E-state index contributed by atoms with van der Waals surface area (Å²) in [5, 5.41) is 0. The summed E-state index contributed by atoms with van der Waals surface area (Å²) >= 11 is 0. The molecule has 2 aromatic heterocycles. The highest BCUT2D eigenvalue weighted by Gasteiger charge is 2.33. The van der Waals surface area contributed by atoms with Crippen LogP contribution in [0.4, 0.5) is 0 Å². The molecule has 37 heavy (non-hydrogen) atoms. The van der Waals surface area contributed by atoms with Gasteiger partial charge in [-0.25, -0.2) is 4.98 Å². The van der Waals surface area contributed by atoms with Gasteiger partial charge in [-0.1, -0.05) is 54.5 Å². The number of nitrogens with zero attached hydrogens (tertiary/aromatic N) is 3. The molecule has 5 nitrogen and oxygen atoms in total. The Balaban J connectivity index is 1.35. The van der Waals surface area contributed by atoms with E-state index in [-0.39, 0.29) is 12.0 Å². The maximum Gasteiger partial charge on any atom is 0.323 e. The fourth-order valence-corrected chi connectivity index (χ4v) is 5.00. The third-order valence-corrected chi connectivity index (χ3v) is 6.78. The molecule has 0 amide bonds. The molecule has 2 aromatic carbocycles. The van der Waals surface area contributed by atoms with E-state index in [0.29, 0.717) is 6.54 Å². The molecule has 5 heteroatoms. The Bertz CT molecular complexity index is 1490. The van der Waals surface area contributed by atoms with Crippen molar-refractivity contribution in [3.63, 3.8) is 0 Å². The van der Waals surface area contributed by atoms with Crippen molar-refractivity contribution in [3.8, 4) is 34.1 Å². The van der Waals surface area contributed by atoms with Gasteiger partial charge in [-0.15, -0.1) is 0 Å². The Labute approximate surface area is 219 Å². The van der Waals surface area contributed by atoms with E-state index in [1.54, 1.807) is 0 Å². The number of likely N-dealkylation sites (tertiary alicyclic amines) is 1. The highest BCUT2D eigenvalue weighted by molar-refractivity contribution is 5.79. The van der Waals surface area contributed by atoms with Gasteiger partial charge in [0, 0.05) is 12.7 Å². The van der Waals surface area contributed by atoms with Gasteiger partial charge in [0.05, 0.1) is 12.7 Å². The first kappa shape index (κ1) is 24.8. The van der Waals surface area contributed by atoms with Crippen molar-refractivity contribution >= 4 is 11.6 Å². The molecule has 0 unspecified atom stereocenters. The molecular formula is C32H33N3O2. The van der Waals surface area contributed by atoms with E-state index >= 15 is 0 Å². The minimum Gasteiger partial charge on any atom is -0.459 e. The van der Waals surface area contributed by atoms with E-state index in [9.17, 15) is 4.79 Å². The quantitative estimate of drug-likeness (QED) is 0.254. The van der Waals surface area contributed by atoms with Gasteiger partial charge in [0.1, 0.15) is 23.0 Å². The van der Waals surface area contributed by atoms with Crippen LogP contribution in [0.25, 0.3) is 27.9 Å². The highest BCUT2D eigenvalue weighted by Crippen LogP contribution is 2.32. The standard InChI is InChI=1S/C32H33N3O2/c1-23-27(24-11-6-5-7-12-24)14-8-15-28(23)25-17-20-35-26(22-33-30(35)21-25)13-9-18-34-19-10-16-29(34)31(36)37-32(2,3)4/h5-8,11-12,14-15,17,20-22,29H,10,16,18-19H2,1-4H3/t29-/m1/s1. The summed E-state index contributed by atoms with van der Waals surface area (Å²) in [5.74, 6) is 6.37. The Morgan fingerprint density at radius 3 is 2.57 bits per heavy atom. The lowest BCUT2D eigenvalue weighted by Gasteiger charge is -2.26. The summed E-state index contributed by atoms with van der Waals surface area (Å²) in [6.45, 7) is 9.27. The van der Waals surface area contributed by atoms with Crippen molar-refractivity contribution in [2.45, 2.75) is 52.2 Å². The van der Waals surface area contributed by atoms with Crippen molar-refractivity contribution < 1.29 is 9.53 Å². The fourth-order valence-electron chi connectivity index (χ4n) is 5.00. The second-order valence-corrected chi connectivity index (χ2v) is 10.6. The number of aromatic nitrogens is 2. The molecule has 0 saturated carbocycles. The number of rotatable bonds is 4. The van der Waals surface area contributed by atoms with Crippen LogP contribution in [-0.2, 0) is 9.53 Å².